The Hall–Kier alpha value is -2.44. The van der Waals surface area contributed by atoms with Crippen LogP contribution >= 0.6 is 0 Å². The zero-order valence-electron chi connectivity index (χ0n) is 15.0. The monoisotopic (exact) mass is 357 g/mol. The van der Waals surface area contributed by atoms with Crippen molar-refractivity contribution < 1.29 is 13.9 Å². The highest BCUT2D eigenvalue weighted by Gasteiger charge is 2.20. The van der Waals surface area contributed by atoms with E-state index in [0.29, 0.717) is 12.2 Å². The second kappa shape index (κ2) is 8.78. The number of piperazine rings is 1. The van der Waals surface area contributed by atoms with Crippen LogP contribution in [0, 0.1) is 5.82 Å². The van der Waals surface area contributed by atoms with Crippen LogP contribution in [0.1, 0.15) is 5.56 Å². The van der Waals surface area contributed by atoms with Crippen molar-refractivity contribution >= 4 is 11.6 Å². The first-order valence-corrected chi connectivity index (χ1v) is 8.76. The second-order valence-corrected chi connectivity index (χ2v) is 6.42. The van der Waals surface area contributed by atoms with Crippen LogP contribution < -0.4 is 10.1 Å². The third-order valence-corrected chi connectivity index (χ3v) is 4.53. The molecule has 1 N–H and O–H groups in total. The zero-order chi connectivity index (χ0) is 18.4. The van der Waals surface area contributed by atoms with Gasteiger partial charge in [0, 0.05) is 44.0 Å². The molecule has 1 aliphatic rings. The fourth-order valence-electron chi connectivity index (χ4n) is 3.15. The van der Waals surface area contributed by atoms with Gasteiger partial charge in [-0.05, 0) is 24.3 Å². The zero-order valence-corrected chi connectivity index (χ0v) is 15.0. The summed E-state index contributed by atoms with van der Waals surface area (Å²) >= 11 is 0. The number of benzene rings is 2. The molecular weight excluding hydrogens is 333 g/mol. The highest BCUT2D eigenvalue weighted by atomic mass is 19.1. The van der Waals surface area contributed by atoms with Gasteiger partial charge < -0.3 is 10.1 Å². The van der Waals surface area contributed by atoms with Gasteiger partial charge in [0.2, 0.25) is 5.91 Å². The molecule has 138 valence electrons. The highest BCUT2D eigenvalue weighted by Crippen LogP contribution is 2.20. The van der Waals surface area contributed by atoms with Gasteiger partial charge in [-0.15, -0.1) is 0 Å². The number of methoxy groups -OCH3 is 1. The van der Waals surface area contributed by atoms with E-state index in [1.807, 2.05) is 18.2 Å². The van der Waals surface area contributed by atoms with E-state index in [-0.39, 0.29) is 11.7 Å². The standard InChI is InChI=1S/C20H24FN3O2/c1-26-19-8-3-2-5-16(19)14-23-9-11-24(12-10-23)15-20(25)22-18-7-4-6-17(21)13-18/h2-8,13H,9-12,14-15H2,1H3,(H,22,25). The molecule has 0 saturated carbocycles. The molecule has 2 aromatic rings. The minimum absolute atomic E-state index is 0.117. The van der Waals surface area contributed by atoms with Crippen LogP contribution in [0.2, 0.25) is 0 Å². The summed E-state index contributed by atoms with van der Waals surface area (Å²) < 4.78 is 18.6. The van der Waals surface area contributed by atoms with E-state index in [0.717, 1.165) is 38.5 Å². The number of rotatable bonds is 6. The van der Waals surface area contributed by atoms with E-state index in [9.17, 15) is 9.18 Å². The van der Waals surface area contributed by atoms with Crippen LogP contribution in [0.4, 0.5) is 10.1 Å². The minimum atomic E-state index is -0.354. The van der Waals surface area contributed by atoms with Crippen molar-refractivity contribution in [2.75, 3.05) is 45.2 Å². The maximum Gasteiger partial charge on any atom is 0.238 e. The molecule has 1 fully saturated rings. The van der Waals surface area contributed by atoms with Gasteiger partial charge in [0.25, 0.3) is 0 Å². The first-order valence-electron chi connectivity index (χ1n) is 8.76. The number of hydrogen-bond acceptors (Lipinski definition) is 4. The van der Waals surface area contributed by atoms with E-state index in [1.54, 1.807) is 19.2 Å². The Kier molecular flexibility index (Phi) is 6.20. The lowest BCUT2D eigenvalue weighted by Crippen LogP contribution is -2.48. The number of hydrogen-bond donors (Lipinski definition) is 1. The third kappa shape index (κ3) is 5.03. The van der Waals surface area contributed by atoms with Crippen molar-refractivity contribution in [1.82, 2.24) is 9.80 Å². The molecule has 3 rings (SSSR count). The van der Waals surface area contributed by atoms with Crippen LogP contribution in [0.25, 0.3) is 0 Å². The van der Waals surface area contributed by atoms with Crippen molar-refractivity contribution in [3.05, 3.63) is 59.9 Å². The molecule has 1 heterocycles. The lowest BCUT2D eigenvalue weighted by Gasteiger charge is -2.34. The number of nitrogens with zero attached hydrogens (tertiary/aromatic N) is 2. The summed E-state index contributed by atoms with van der Waals surface area (Å²) in [6.07, 6.45) is 0. The normalized spacial score (nSPS) is 15.6. The Morgan fingerprint density at radius 3 is 2.54 bits per heavy atom. The molecule has 26 heavy (non-hydrogen) atoms. The van der Waals surface area contributed by atoms with Gasteiger partial charge in [-0.2, -0.15) is 0 Å². The number of carbonyl (C=O) groups excluding carboxylic acids is 1. The maximum atomic E-state index is 13.2. The summed E-state index contributed by atoms with van der Waals surface area (Å²) in [5.41, 5.74) is 1.66. The molecule has 0 bridgehead atoms. The predicted octanol–water partition coefficient (Wildman–Crippen LogP) is 2.59. The minimum Gasteiger partial charge on any atom is -0.496 e. The van der Waals surface area contributed by atoms with E-state index < -0.39 is 0 Å². The maximum absolute atomic E-state index is 13.2. The highest BCUT2D eigenvalue weighted by molar-refractivity contribution is 5.92. The molecule has 6 heteroatoms. The summed E-state index contributed by atoms with van der Waals surface area (Å²) in [5.74, 6) is 0.436. The summed E-state index contributed by atoms with van der Waals surface area (Å²) in [7, 11) is 1.69. The topological polar surface area (TPSA) is 44.8 Å². The summed E-state index contributed by atoms with van der Waals surface area (Å²) in [4.78, 5) is 16.6. The van der Waals surface area contributed by atoms with Crippen LogP contribution in [0.15, 0.2) is 48.5 Å². The summed E-state index contributed by atoms with van der Waals surface area (Å²) in [5, 5.41) is 2.75. The van der Waals surface area contributed by atoms with Crippen molar-refractivity contribution in [1.29, 1.82) is 0 Å². The van der Waals surface area contributed by atoms with Crippen molar-refractivity contribution in [2.24, 2.45) is 0 Å². The summed E-state index contributed by atoms with van der Waals surface area (Å²) in [6, 6.07) is 14.0. The molecule has 0 atom stereocenters. The number of ether oxygens (including phenoxy) is 1. The van der Waals surface area contributed by atoms with Crippen LogP contribution in [0.5, 0.6) is 5.75 Å². The number of nitrogens with one attached hydrogen (secondary N) is 1. The van der Waals surface area contributed by atoms with Crippen molar-refractivity contribution in [2.45, 2.75) is 6.54 Å². The fraction of sp³-hybridized carbons (Fsp3) is 0.350. The number of carbonyl (C=O) groups is 1. The molecule has 1 amide bonds. The van der Waals surface area contributed by atoms with Crippen LogP contribution in [-0.4, -0.2) is 55.5 Å². The van der Waals surface area contributed by atoms with Gasteiger partial charge in [-0.1, -0.05) is 24.3 Å². The smallest absolute Gasteiger partial charge is 0.238 e. The molecular formula is C20H24FN3O2. The van der Waals surface area contributed by atoms with E-state index in [2.05, 4.69) is 21.2 Å². The third-order valence-electron chi connectivity index (χ3n) is 4.53. The molecule has 1 saturated heterocycles. The molecule has 0 spiro atoms. The Morgan fingerprint density at radius 2 is 1.81 bits per heavy atom. The molecule has 1 aliphatic heterocycles. The van der Waals surface area contributed by atoms with Gasteiger partial charge in [-0.25, -0.2) is 4.39 Å². The summed E-state index contributed by atoms with van der Waals surface area (Å²) in [6.45, 7) is 4.60. The predicted molar refractivity (Wildman–Crippen MR) is 99.7 cm³/mol. The number of halogens is 1. The number of anilines is 1. The number of para-hydroxylation sites is 1. The molecule has 0 aromatic heterocycles. The van der Waals surface area contributed by atoms with Gasteiger partial charge in [0.05, 0.1) is 13.7 Å². The van der Waals surface area contributed by atoms with Gasteiger partial charge in [0.1, 0.15) is 11.6 Å². The van der Waals surface area contributed by atoms with Crippen molar-refractivity contribution in [3.63, 3.8) is 0 Å². The lowest BCUT2D eigenvalue weighted by atomic mass is 10.1. The Balaban J connectivity index is 1.45. The quantitative estimate of drug-likeness (QED) is 0.863. The Labute approximate surface area is 153 Å². The molecule has 2 aromatic carbocycles. The van der Waals surface area contributed by atoms with E-state index in [4.69, 9.17) is 4.74 Å². The SMILES string of the molecule is COc1ccccc1CN1CCN(CC(=O)Nc2cccc(F)c2)CC1. The Bertz CT molecular complexity index is 745. The Morgan fingerprint density at radius 1 is 1.08 bits per heavy atom. The average Bonchev–Trinajstić information content (AvgIpc) is 2.64. The fourth-order valence-corrected chi connectivity index (χ4v) is 3.15. The van der Waals surface area contributed by atoms with Gasteiger partial charge >= 0.3 is 0 Å². The lowest BCUT2D eigenvalue weighted by molar-refractivity contribution is -0.117. The molecule has 0 aliphatic carbocycles. The average molecular weight is 357 g/mol. The van der Waals surface area contributed by atoms with Crippen LogP contribution in [-0.2, 0) is 11.3 Å². The number of amides is 1. The molecule has 0 radical (unpaired) electrons. The van der Waals surface area contributed by atoms with Gasteiger partial charge in [0.15, 0.2) is 0 Å². The molecule has 0 unspecified atom stereocenters. The second-order valence-electron chi connectivity index (χ2n) is 6.42. The van der Waals surface area contributed by atoms with Crippen molar-refractivity contribution in [3.8, 4) is 5.75 Å². The van der Waals surface area contributed by atoms with Gasteiger partial charge in [-0.3, -0.25) is 14.6 Å². The van der Waals surface area contributed by atoms with Crippen LogP contribution in [0.3, 0.4) is 0 Å². The molecule has 5 nitrogen and oxygen atoms in total. The van der Waals surface area contributed by atoms with E-state index in [1.165, 1.54) is 17.7 Å². The largest absolute Gasteiger partial charge is 0.496 e. The van der Waals surface area contributed by atoms with E-state index >= 15 is 0 Å². The first-order chi connectivity index (χ1) is 12.6. The first kappa shape index (κ1) is 18.4.